The quantitative estimate of drug-likeness (QED) is 0.128. The van der Waals surface area contributed by atoms with Crippen molar-refractivity contribution >= 4 is 32.6 Å². The number of likely N-dealkylation sites (tertiary alicyclic amines) is 3. The zero-order chi connectivity index (χ0) is 55.2. The minimum atomic E-state index is -3.23. The molecule has 0 bridgehead atoms. The summed E-state index contributed by atoms with van der Waals surface area (Å²) in [6.45, 7) is 9.15. The molecule has 44 heteroatoms. The first-order chi connectivity index (χ1) is 38.1. The van der Waals surface area contributed by atoms with Crippen LogP contribution in [0.4, 0.5) is 0 Å². The van der Waals surface area contributed by atoms with Gasteiger partial charge in [0.2, 0.25) is 15.9 Å². The molecule has 0 aliphatic carbocycles. The van der Waals surface area contributed by atoms with E-state index in [0.29, 0.717) is 13.1 Å². The Morgan fingerprint density at radius 3 is 0.845 bits per heavy atom. The Morgan fingerprint density at radius 2 is 0.600 bits per heavy atom. The van der Waals surface area contributed by atoms with Crippen molar-refractivity contribution in [2.45, 2.75) is 81.9 Å². The van der Waals surface area contributed by atoms with Crippen molar-refractivity contribution in [3.05, 3.63) is 214 Å². The Labute approximate surface area is 1440 Å². The van der Waals surface area contributed by atoms with Crippen molar-refractivity contribution in [2.24, 2.45) is 5.73 Å². The maximum Gasteiger partial charge on any atom is 0.217 e. The van der Waals surface area contributed by atoms with Gasteiger partial charge in [-0.05, 0) is 126 Å². The molecule has 6 aromatic carbocycles. The molecule has 31 radical (unpaired) electrons. The fourth-order valence-corrected chi connectivity index (χ4v) is 12.0. The van der Waals surface area contributed by atoms with Gasteiger partial charge in [-0.1, -0.05) is 109 Å². The molecule has 0 saturated carbocycles. The fraction of sp³-hybridized carbons (Fsp3) is 0.348. The van der Waals surface area contributed by atoms with E-state index in [1.165, 1.54) is 34.1 Å². The number of hydrogen-bond donors (Lipinski definition) is 3. The molecule has 3 fully saturated rings. The van der Waals surface area contributed by atoms with Crippen LogP contribution >= 0.6 is 0 Å². The average Bonchev–Trinajstić information content (AvgIpc) is 0.775. The summed E-state index contributed by atoms with van der Waals surface area (Å²) in [5.41, 5.74) is 18.9. The number of carbonyl (C=O) groups is 1. The van der Waals surface area contributed by atoms with E-state index in [9.17, 15) is 13.2 Å². The second-order valence-corrected chi connectivity index (χ2v) is 24.2. The third kappa shape index (κ3) is 65.4. The number of carbonyl (C=O) groups excluding carboxylic acids is 1. The number of ether oxygens (including phenoxy) is 3. The van der Waals surface area contributed by atoms with E-state index in [1.807, 2.05) is 36.4 Å². The van der Waals surface area contributed by atoms with Crippen LogP contribution in [0.5, 0.6) is 17.2 Å². The number of fused-ring (bicyclic) bond motifs is 3. The van der Waals surface area contributed by atoms with Crippen LogP contribution in [0.2, 0.25) is 0 Å². The Bertz CT molecular complexity index is 3460. The van der Waals surface area contributed by atoms with Gasteiger partial charge >= 0.3 is 0 Å². The standard InChI is InChI=1S/C23H26N2O2.C22H26N2O3S.C21H24N2O.31Y/c1-17(26)24-16-18-6-5-7-19(14-18)21-15-23(10-12-25(2)13-11-23)27-22-9-4-3-8-20(21)22;1-24-12-10-22(11-13-24)15-20(19-8-3-4-9-21(19)27-22)18-7-5-6-17(14-18)16-23-28(2,25)26;1-23-11-9-21(10-12-23)14-19(17-6-4-5-16(13-17)15-22)18-7-2-3-8-20(18)24-21;;;;;;;;;;;;;;;;;;;;;;;;;;;;;;;/h3-9,14-15H,10-13,16H2,1-2H3,(H,24,26);3-9,14-15,23H,10-13,16H2,1-2H3;2-8,13-14H,9-12,15,22H2,1H3;;;;;;;;;;;;;;;;;;;;;;;;;;;;;;;. The summed E-state index contributed by atoms with van der Waals surface area (Å²) >= 11 is 0. The maximum atomic E-state index is 11.4. The maximum absolute atomic E-state index is 11.4. The van der Waals surface area contributed by atoms with Crippen LogP contribution < -0.4 is 30.0 Å². The molecule has 0 atom stereocenters. The van der Waals surface area contributed by atoms with E-state index in [-0.39, 0.29) is 1040 Å². The molecule has 0 aromatic heterocycles. The number of rotatable bonds is 9. The first-order valence-electron chi connectivity index (χ1n) is 27.8. The molecule has 505 valence electrons. The Morgan fingerprint density at radius 1 is 0.364 bits per heavy atom. The van der Waals surface area contributed by atoms with Crippen molar-refractivity contribution in [3.63, 3.8) is 0 Å². The zero-order valence-corrected chi connectivity index (χ0v) is 153. The second-order valence-electron chi connectivity index (χ2n) is 22.4. The van der Waals surface area contributed by atoms with Gasteiger partial charge in [0, 0.05) is 1140 Å². The number of nitrogens with zero attached hydrogens (tertiary/aromatic N) is 3. The number of piperidine rings is 3. The van der Waals surface area contributed by atoms with E-state index < -0.39 is 10.0 Å². The number of hydrogen-bond acceptors (Lipinski definition) is 10. The summed E-state index contributed by atoms with van der Waals surface area (Å²) in [5, 5.41) is 2.88. The molecule has 1 amide bonds. The predicted molar refractivity (Wildman–Crippen MR) is 317 cm³/mol. The third-order valence-corrected chi connectivity index (χ3v) is 16.9. The van der Waals surface area contributed by atoms with Crippen LogP contribution in [0.3, 0.4) is 0 Å². The SMILES string of the molecule is CC(=O)NCc1cccc(C2=CC3(CCN(C)CC3)Oc3ccccc32)c1.CN1CCC2(C=C(c3cccc(CN)c3)c3ccccc3O2)CC1.CN1CCC2(C=C(c3cccc(CNS(C)(=O)=O)c3)c3ccccc3O2)CC1.[Y].[Y].[Y].[Y].[Y].[Y].[Y].[Y].[Y].[Y].[Y].[Y].[Y].[Y].[Y].[Y].[Y].[Y].[Y].[Y].[Y].[Y].[Y].[Y].[Y].[Y].[Y].[Y].[Y].[Y].[Y]. The number of benzene rings is 6. The average molecular weight is 3840 g/mol. The van der Waals surface area contributed by atoms with Gasteiger partial charge in [-0.25, -0.2) is 13.1 Å². The Hall–Kier alpha value is 27.4. The normalized spacial score (nSPS) is 13.6. The van der Waals surface area contributed by atoms with E-state index in [1.54, 1.807) is 6.92 Å². The van der Waals surface area contributed by atoms with Crippen molar-refractivity contribution < 1.29 is 1040 Å². The molecule has 6 aliphatic heterocycles. The van der Waals surface area contributed by atoms with Crippen molar-refractivity contribution in [1.82, 2.24) is 24.7 Å². The molecule has 3 spiro atoms. The molecule has 6 aliphatic rings. The largest absolute Gasteiger partial charge is 0.482 e. The van der Waals surface area contributed by atoms with E-state index in [4.69, 9.17) is 19.9 Å². The van der Waals surface area contributed by atoms with E-state index >= 15 is 0 Å². The van der Waals surface area contributed by atoms with Crippen LogP contribution in [-0.4, -0.2) is 112 Å². The smallest absolute Gasteiger partial charge is 0.217 e. The van der Waals surface area contributed by atoms with Crippen molar-refractivity contribution in [1.29, 1.82) is 0 Å². The Kier molecular flexibility index (Phi) is 181. The Balaban J connectivity index is -0.0000000464. The van der Waals surface area contributed by atoms with E-state index in [0.717, 1.165) is 134 Å². The van der Waals surface area contributed by atoms with Gasteiger partial charge in [-0.3, -0.25) is 4.79 Å². The number of nitrogens with two attached hydrogens (primary N) is 1. The summed E-state index contributed by atoms with van der Waals surface area (Å²) in [7, 11) is 3.27. The summed E-state index contributed by atoms with van der Waals surface area (Å²) in [6.07, 6.45) is 14.1. The van der Waals surface area contributed by atoms with Crippen LogP contribution in [0.1, 0.15) is 95.5 Å². The monoisotopic (exact) mass is 3840 g/mol. The number of sulfonamides is 1. The molecule has 6 heterocycles. The second kappa shape index (κ2) is 104. The topological polar surface area (TPSA) is 139 Å². The van der Waals surface area contributed by atoms with Gasteiger partial charge in [-0.2, -0.15) is 0 Å². The van der Waals surface area contributed by atoms with Gasteiger partial charge in [0.1, 0.15) is 34.1 Å². The minimum Gasteiger partial charge on any atom is -0.482 e. The molecular weight excluding hydrogens is 3760 g/mol. The molecule has 12 nitrogen and oxygen atoms in total. The number of para-hydroxylation sites is 3. The molecule has 12 rings (SSSR count). The molecule has 110 heavy (non-hydrogen) atoms. The predicted octanol–water partition coefficient (Wildman–Crippen LogP) is 9.99. The van der Waals surface area contributed by atoms with E-state index in [2.05, 4.69) is 173 Å². The fourth-order valence-electron chi connectivity index (χ4n) is 11.6. The van der Waals surface area contributed by atoms with Crippen LogP contribution in [-0.2, 0) is 1050 Å². The van der Waals surface area contributed by atoms with Gasteiger partial charge in [0.15, 0.2) is 0 Å². The molecule has 4 N–H and O–H groups in total. The molecule has 0 unspecified atom stereocenters. The summed E-state index contributed by atoms with van der Waals surface area (Å²) in [6, 6.07) is 49.9. The van der Waals surface area contributed by atoms with Crippen LogP contribution in [0, 0.1) is 0 Å². The van der Waals surface area contributed by atoms with Gasteiger partial charge in [0.25, 0.3) is 0 Å². The third-order valence-electron chi connectivity index (χ3n) is 16.2. The van der Waals surface area contributed by atoms with Crippen molar-refractivity contribution in [2.75, 3.05) is 66.7 Å². The summed E-state index contributed by atoms with van der Waals surface area (Å²) in [5.74, 6) is 2.87. The number of amides is 1. The van der Waals surface area contributed by atoms with Crippen molar-refractivity contribution in [3.8, 4) is 17.2 Å². The van der Waals surface area contributed by atoms with Crippen LogP contribution in [0.15, 0.2) is 164 Å². The minimum absolute atomic E-state index is 0. The summed E-state index contributed by atoms with van der Waals surface area (Å²) in [4.78, 5) is 18.3. The number of nitrogens with one attached hydrogen (secondary N) is 2. The van der Waals surface area contributed by atoms with Gasteiger partial charge in [0.05, 0.1) is 6.26 Å². The molecular formula is C66H76N6O6SY31. The zero-order valence-electron chi connectivity index (χ0n) is 64.4. The first kappa shape index (κ1) is 192. The first-order valence-corrected chi connectivity index (χ1v) is 29.7. The van der Waals surface area contributed by atoms with Gasteiger partial charge < -0.3 is 40.0 Å². The molecule has 3 saturated heterocycles. The molecule has 6 aromatic rings. The van der Waals surface area contributed by atoms with Gasteiger partial charge in [-0.15, -0.1) is 0 Å². The summed E-state index contributed by atoms with van der Waals surface area (Å²) < 4.78 is 44.9. The van der Waals surface area contributed by atoms with Crippen LogP contribution in [0.25, 0.3) is 16.7 Å².